The maximum absolute atomic E-state index is 12.5. The fourth-order valence-corrected chi connectivity index (χ4v) is 2.65. The van der Waals surface area contributed by atoms with Crippen LogP contribution < -0.4 is 5.32 Å². The van der Waals surface area contributed by atoms with Crippen molar-refractivity contribution in [1.29, 1.82) is 0 Å². The van der Waals surface area contributed by atoms with Gasteiger partial charge in [0.25, 0.3) is 5.91 Å². The lowest BCUT2D eigenvalue weighted by molar-refractivity contribution is 0.0727. The zero-order valence-electron chi connectivity index (χ0n) is 12.2. The lowest BCUT2D eigenvalue weighted by atomic mass is 9.99. The second-order valence-electron chi connectivity index (χ2n) is 5.22. The summed E-state index contributed by atoms with van der Waals surface area (Å²) < 4.78 is 0. The van der Waals surface area contributed by atoms with Crippen LogP contribution >= 0.6 is 0 Å². The zero-order chi connectivity index (χ0) is 14.7. The zero-order valence-corrected chi connectivity index (χ0v) is 12.2. The third-order valence-corrected chi connectivity index (χ3v) is 3.74. The Bertz CT molecular complexity index is 637. The van der Waals surface area contributed by atoms with Crippen molar-refractivity contribution >= 4 is 11.7 Å². The fraction of sp³-hybridized carbons (Fsp3) is 0.294. The van der Waals surface area contributed by atoms with E-state index in [0.29, 0.717) is 6.54 Å². The molecule has 0 radical (unpaired) electrons. The molecule has 2 heterocycles. The largest absolute Gasteiger partial charge is 0.370 e. The van der Waals surface area contributed by atoms with Crippen LogP contribution in [0.3, 0.4) is 0 Å². The van der Waals surface area contributed by atoms with Crippen LogP contribution in [0.5, 0.6) is 0 Å². The van der Waals surface area contributed by atoms with Crippen molar-refractivity contribution in [2.45, 2.75) is 19.9 Å². The third kappa shape index (κ3) is 2.89. The summed E-state index contributed by atoms with van der Waals surface area (Å²) in [5.41, 5.74) is 3.05. The van der Waals surface area contributed by atoms with E-state index in [1.807, 2.05) is 54.4 Å². The quantitative estimate of drug-likeness (QED) is 0.937. The normalized spacial score (nSPS) is 14.0. The molecule has 3 rings (SSSR count). The summed E-state index contributed by atoms with van der Waals surface area (Å²) in [6.07, 6.45) is 2.76. The number of nitrogens with one attached hydrogen (secondary N) is 1. The number of pyridine rings is 1. The molecule has 0 saturated heterocycles. The van der Waals surface area contributed by atoms with Crippen molar-refractivity contribution in [2.75, 3.05) is 18.4 Å². The molecule has 0 fully saturated rings. The first-order valence-corrected chi connectivity index (χ1v) is 7.34. The molecule has 0 aliphatic carbocycles. The predicted octanol–water partition coefficient (Wildman–Crippen LogP) is 2.71. The molecular formula is C17H19N3O. The highest BCUT2D eigenvalue weighted by Crippen LogP contribution is 2.20. The summed E-state index contributed by atoms with van der Waals surface area (Å²) in [4.78, 5) is 18.7. The number of amides is 1. The molecule has 0 saturated carbocycles. The highest BCUT2D eigenvalue weighted by atomic mass is 16.2. The molecule has 21 heavy (non-hydrogen) atoms. The SMILES string of the molecule is CCNc1ccc(CN2CCc3ccccc3C2=O)cn1. The molecule has 0 spiro atoms. The lowest BCUT2D eigenvalue weighted by Gasteiger charge is -2.28. The number of carbonyl (C=O) groups is 1. The average Bonchev–Trinajstić information content (AvgIpc) is 2.52. The Morgan fingerprint density at radius 3 is 2.86 bits per heavy atom. The number of rotatable bonds is 4. The van der Waals surface area contributed by atoms with E-state index in [1.165, 1.54) is 0 Å². The van der Waals surface area contributed by atoms with Gasteiger partial charge in [0.2, 0.25) is 0 Å². The van der Waals surface area contributed by atoms with E-state index in [1.54, 1.807) is 0 Å². The van der Waals surface area contributed by atoms with Gasteiger partial charge in [-0.1, -0.05) is 24.3 Å². The topological polar surface area (TPSA) is 45.2 Å². The van der Waals surface area contributed by atoms with Crippen molar-refractivity contribution in [3.05, 3.63) is 59.3 Å². The van der Waals surface area contributed by atoms with Crippen LogP contribution in [-0.4, -0.2) is 28.9 Å². The molecule has 0 atom stereocenters. The van der Waals surface area contributed by atoms with Crippen molar-refractivity contribution in [1.82, 2.24) is 9.88 Å². The van der Waals surface area contributed by atoms with E-state index >= 15 is 0 Å². The molecule has 1 amide bonds. The van der Waals surface area contributed by atoms with Gasteiger partial charge < -0.3 is 10.2 Å². The number of aromatic nitrogens is 1. The van der Waals surface area contributed by atoms with Crippen molar-refractivity contribution < 1.29 is 4.79 Å². The minimum Gasteiger partial charge on any atom is -0.370 e. The molecule has 4 nitrogen and oxygen atoms in total. The summed E-state index contributed by atoms with van der Waals surface area (Å²) in [5, 5.41) is 3.17. The summed E-state index contributed by atoms with van der Waals surface area (Å²) in [7, 11) is 0. The monoisotopic (exact) mass is 281 g/mol. The van der Waals surface area contributed by atoms with Gasteiger partial charge in [0, 0.05) is 31.4 Å². The Balaban J connectivity index is 1.73. The first-order chi connectivity index (χ1) is 10.3. The molecule has 0 unspecified atom stereocenters. The first kappa shape index (κ1) is 13.6. The minimum absolute atomic E-state index is 0.118. The standard InChI is InChI=1S/C17H19N3O/c1-2-18-16-8-7-13(11-19-16)12-20-10-9-14-5-3-4-6-15(14)17(20)21/h3-8,11H,2,9-10,12H2,1H3,(H,18,19). The number of anilines is 1. The van der Waals surface area contributed by atoms with Crippen molar-refractivity contribution in [2.24, 2.45) is 0 Å². The molecule has 1 aliphatic heterocycles. The number of hydrogen-bond donors (Lipinski definition) is 1. The van der Waals surface area contributed by atoms with Crippen LogP contribution in [-0.2, 0) is 13.0 Å². The number of hydrogen-bond acceptors (Lipinski definition) is 3. The van der Waals surface area contributed by atoms with Crippen LogP contribution in [0.1, 0.15) is 28.4 Å². The Morgan fingerprint density at radius 1 is 1.24 bits per heavy atom. The summed E-state index contributed by atoms with van der Waals surface area (Å²) in [5.74, 6) is 0.990. The van der Waals surface area contributed by atoms with Gasteiger partial charge in [-0.05, 0) is 36.6 Å². The van der Waals surface area contributed by atoms with E-state index in [0.717, 1.165) is 42.0 Å². The maximum atomic E-state index is 12.5. The Labute approximate surface area is 124 Å². The number of nitrogens with zero attached hydrogens (tertiary/aromatic N) is 2. The van der Waals surface area contributed by atoms with Crippen LogP contribution in [0, 0.1) is 0 Å². The molecular weight excluding hydrogens is 262 g/mol. The van der Waals surface area contributed by atoms with E-state index in [4.69, 9.17) is 0 Å². The Kier molecular flexibility index (Phi) is 3.86. The van der Waals surface area contributed by atoms with Crippen LogP contribution in [0.25, 0.3) is 0 Å². The van der Waals surface area contributed by atoms with Crippen LogP contribution in [0.2, 0.25) is 0 Å². The summed E-state index contributed by atoms with van der Waals surface area (Å²) in [6.45, 7) is 4.28. The van der Waals surface area contributed by atoms with Gasteiger partial charge in [-0.2, -0.15) is 0 Å². The van der Waals surface area contributed by atoms with Crippen molar-refractivity contribution in [3.63, 3.8) is 0 Å². The van der Waals surface area contributed by atoms with Crippen molar-refractivity contribution in [3.8, 4) is 0 Å². The highest BCUT2D eigenvalue weighted by Gasteiger charge is 2.23. The van der Waals surface area contributed by atoms with Crippen LogP contribution in [0.15, 0.2) is 42.6 Å². The molecule has 1 aliphatic rings. The predicted molar refractivity (Wildman–Crippen MR) is 83.3 cm³/mol. The van der Waals surface area contributed by atoms with E-state index in [9.17, 15) is 4.79 Å². The van der Waals surface area contributed by atoms with Crippen LogP contribution in [0.4, 0.5) is 5.82 Å². The first-order valence-electron chi connectivity index (χ1n) is 7.34. The van der Waals surface area contributed by atoms with Gasteiger partial charge in [0.15, 0.2) is 0 Å². The molecule has 4 heteroatoms. The number of benzene rings is 1. The van der Waals surface area contributed by atoms with E-state index < -0.39 is 0 Å². The molecule has 1 aromatic heterocycles. The van der Waals surface area contributed by atoms with Gasteiger partial charge >= 0.3 is 0 Å². The van der Waals surface area contributed by atoms with Gasteiger partial charge in [0.1, 0.15) is 5.82 Å². The average molecular weight is 281 g/mol. The molecule has 2 aromatic rings. The molecule has 0 bridgehead atoms. The molecule has 1 aromatic carbocycles. The van der Waals surface area contributed by atoms with Gasteiger partial charge in [-0.3, -0.25) is 4.79 Å². The summed E-state index contributed by atoms with van der Waals surface area (Å²) in [6, 6.07) is 11.9. The van der Waals surface area contributed by atoms with E-state index in [-0.39, 0.29) is 5.91 Å². The second kappa shape index (κ2) is 5.95. The number of carbonyl (C=O) groups excluding carboxylic acids is 1. The Hall–Kier alpha value is -2.36. The number of fused-ring (bicyclic) bond motifs is 1. The minimum atomic E-state index is 0.118. The maximum Gasteiger partial charge on any atom is 0.254 e. The van der Waals surface area contributed by atoms with Gasteiger partial charge in [-0.25, -0.2) is 4.98 Å². The molecule has 108 valence electrons. The molecule has 1 N–H and O–H groups in total. The van der Waals surface area contributed by atoms with Gasteiger partial charge in [0.05, 0.1) is 0 Å². The Morgan fingerprint density at radius 2 is 2.10 bits per heavy atom. The van der Waals surface area contributed by atoms with E-state index in [2.05, 4.69) is 10.3 Å². The third-order valence-electron chi connectivity index (χ3n) is 3.74. The second-order valence-corrected chi connectivity index (χ2v) is 5.22. The fourth-order valence-electron chi connectivity index (χ4n) is 2.65. The summed E-state index contributed by atoms with van der Waals surface area (Å²) >= 11 is 0. The van der Waals surface area contributed by atoms with Gasteiger partial charge in [-0.15, -0.1) is 0 Å². The highest BCUT2D eigenvalue weighted by molar-refractivity contribution is 5.96. The smallest absolute Gasteiger partial charge is 0.254 e. The lowest BCUT2D eigenvalue weighted by Crippen LogP contribution is -2.36.